The van der Waals surface area contributed by atoms with Crippen molar-refractivity contribution < 1.29 is 4.42 Å². The molecule has 1 N–H and O–H groups in total. The van der Waals surface area contributed by atoms with Crippen molar-refractivity contribution in [3.63, 3.8) is 0 Å². The number of aromatic nitrogens is 1. The van der Waals surface area contributed by atoms with Crippen molar-refractivity contribution in [2.45, 2.75) is 25.8 Å². The Morgan fingerprint density at radius 2 is 2.62 bits per heavy atom. The second-order valence-corrected chi connectivity index (χ2v) is 4.50. The molecule has 0 aliphatic carbocycles. The Morgan fingerprint density at radius 3 is 3.23 bits per heavy atom. The monoisotopic (exact) mass is 198 g/mol. The summed E-state index contributed by atoms with van der Waals surface area (Å²) < 4.78 is 5.24. The number of nitrogens with zero attached hydrogens (tertiary/aromatic N) is 1. The van der Waals surface area contributed by atoms with Gasteiger partial charge in [-0.05, 0) is 25.5 Å². The van der Waals surface area contributed by atoms with Gasteiger partial charge in [-0.15, -0.1) is 0 Å². The minimum atomic E-state index is 0.539. The van der Waals surface area contributed by atoms with E-state index in [9.17, 15) is 0 Å². The Kier molecular flexibility index (Phi) is 2.78. The minimum Gasteiger partial charge on any atom is -0.432 e. The van der Waals surface area contributed by atoms with E-state index >= 15 is 0 Å². The van der Waals surface area contributed by atoms with Crippen molar-refractivity contribution in [2.24, 2.45) is 0 Å². The van der Waals surface area contributed by atoms with Crippen LogP contribution in [0.1, 0.15) is 18.5 Å². The highest BCUT2D eigenvalue weighted by Gasteiger charge is 2.14. The Morgan fingerprint density at radius 1 is 1.69 bits per heavy atom. The van der Waals surface area contributed by atoms with Gasteiger partial charge >= 0.3 is 0 Å². The van der Waals surface area contributed by atoms with Crippen molar-refractivity contribution in [2.75, 3.05) is 16.8 Å². The van der Waals surface area contributed by atoms with E-state index in [-0.39, 0.29) is 0 Å². The van der Waals surface area contributed by atoms with Gasteiger partial charge in [0.05, 0.1) is 5.69 Å². The first kappa shape index (κ1) is 8.94. The molecule has 1 aliphatic rings. The summed E-state index contributed by atoms with van der Waals surface area (Å²) in [6.45, 7) is 1.93. The van der Waals surface area contributed by atoms with Crippen LogP contribution in [0.5, 0.6) is 0 Å². The smallest absolute Gasteiger partial charge is 0.294 e. The summed E-state index contributed by atoms with van der Waals surface area (Å²) in [5, 5.41) is 3.30. The minimum absolute atomic E-state index is 0.539. The molecule has 0 bridgehead atoms. The van der Waals surface area contributed by atoms with Crippen molar-refractivity contribution in [3.8, 4) is 0 Å². The van der Waals surface area contributed by atoms with Crippen LogP contribution >= 0.6 is 11.8 Å². The highest BCUT2D eigenvalue weighted by atomic mass is 32.2. The second kappa shape index (κ2) is 4.05. The Balaban J connectivity index is 1.89. The van der Waals surface area contributed by atoms with E-state index in [0.717, 1.165) is 5.69 Å². The first-order valence-corrected chi connectivity index (χ1v) is 5.76. The molecule has 13 heavy (non-hydrogen) atoms. The first-order valence-electron chi connectivity index (χ1n) is 4.61. The molecule has 1 aromatic heterocycles. The topological polar surface area (TPSA) is 38.1 Å². The molecule has 0 spiro atoms. The SMILES string of the molecule is Cc1coc(NC2CCCSC2)n1. The van der Waals surface area contributed by atoms with E-state index in [4.69, 9.17) is 4.42 Å². The second-order valence-electron chi connectivity index (χ2n) is 3.35. The third kappa shape index (κ3) is 2.40. The number of nitrogens with one attached hydrogen (secondary N) is 1. The van der Waals surface area contributed by atoms with Gasteiger partial charge in [0.1, 0.15) is 6.26 Å². The standard InChI is InChI=1S/C9H14N2OS/c1-7-5-12-9(10-7)11-8-3-2-4-13-6-8/h5,8H,2-4,6H2,1H3,(H,10,11). The lowest BCUT2D eigenvalue weighted by atomic mass is 10.2. The molecule has 1 saturated heterocycles. The van der Waals surface area contributed by atoms with Gasteiger partial charge in [0.2, 0.25) is 0 Å². The van der Waals surface area contributed by atoms with Crippen LogP contribution in [0.4, 0.5) is 6.01 Å². The molecule has 72 valence electrons. The Labute approximate surface area is 82.3 Å². The first-order chi connectivity index (χ1) is 6.34. The molecule has 0 amide bonds. The fourth-order valence-electron chi connectivity index (χ4n) is 1.45. The van der Waals surface area contributed by atoms with E-state index in [1.165, 1.54) is 24.3 Å². The molecular formula is C9H14N2OS. The molecule has 0 radical (unpaired) electrons. The fourth-order valence-corrected chi connectivity index (χ4v) is 2.52. The van der Waals surface area contributed by atoms with Gasteiger partial charge in [0, 0.05) is 11.8 Å². The summed E-state index contributed by atoms with van der Waals surface area (Å²) in [7, 11) is 0. The maximum atomic E-state index is 5.24. The molecule has 0 aromatic carbocycles. The molecule has 2 heterocycles. The normalized spacial score (nSPS) is 23.0. The lowest BCUT2D eigenvalue weighted by Crippen LogP contribution is -2.25. The van der Waals surface area contributed by atoms with Crippen molar-refractivity contribution in [1.82, 2.24) is 4.98 Å². The van der Waals surface area contributed by atoms with Gasteiger partial charge in [-0.1, -0.05) is 0 Å². The molecule has 4 heteroatoms. The van der Waals surface area contributed by atoms with Crippen LogP contribution in [-0.2, 0) is 0 Å². The predicted molar refractivity (Wildman–Crippen MR) is 55.2 cm³/mol. The third-order valence-electron chi connectivity index (χ3n) is 2.11. The quantitative estimate of drug-likeness (QED) is 0.791. The van der Waals surface area contributed by atoms with E-state index in [1.807, 2.05) is 18.7 Å². The van der Waals surface area contributed by atoms with Gasteiger partial charge in [-0.2, -0.15) is 16.7 Å². The number of hydrogen-bond donors (Lipinski definition) is 1. The summed E-state index contributed by atoms with van der Waals surface area (Å²) in [5.74, 6) is 2.46. The zero-order valence-electron chi connectivity index (χ0n) is 7.75. The number of thioether (sulfide) groups is 1. The van der Waals surface area contributed by atoms with Crippen molar-refractivity contribution >= 4 is 17.8 Å². The van der Waals surface area contributed by atoms with Crippen LogP contribution in [0.15, 0.2) is 10.7 Å². The van der Waals surface area contributed by atoms with E-state index in [2.05, 4.69) is 10.3 Å². The zero-order chi connectivity index (χ0) is 9.10. The van der Waals surface area contributed by atoms with E-state index in [0.29, 0.717) is 12.1 Å². The summed E-state index contributed by atoms with van der Waals surface area (Å²) in [4.78, 5) is 4.22. The van der Waals surface area contributed by atoms with Crippen molar-refractivity contribution in [3.05, 3.63) is 12.0 Å². The number of oxazole rings is 1. The van der Waals surface area contributed by atoms with Gasteiger partial charge < -0.3 is 9.73 Å². The summed E-state index contributed by atoms with van der Waals surface area (Å²) in [5.41, 5.74) is 0.936. The van der Waals surface area contributed by atoms with Gasteiger partial charge in [0.25, 0.3) is 6.01 Å². The molecule has 0 saturated carbocycles. The molecule has 2 rings (SSSR count). The van der Waals surface area contributed by atoms with Gasteiger partial charge in [-0.25, -0.2) is 0 Å². The number of anilines is 1. The average molecular weight is 198 g/mol. The van der Waals surface area contributed by atoms with E-state index < -0.39 is 0 Å². The summed E-state index contributed by atoms with van der Waals surface area (Å²) in [6.07, 6.45) is 4.20. The van der Waals surface area contributed by atoms with Crippen LogP contribution in [0, 0.1) is 6.92 Å². The number of hydrogen-bond acceptors (Lipinski definition) is 4. The van der Waals surface area contributed by atoms with E-state index in [1.54, 1.807) is 6.26 Å². The van der Waals surface area contributed by atoms with Gasteiger partial charge in [-0.3, -0.25) is 0 Å². The summed E-state index contributed by atoms with van der Waals surface area (Å²) >= 11 is 2.00. The molecule has 1 aromatic rings. The lowest BCUT2D eigenvalue weighted by molar-refractivity contribution is 0.552. The lowest BCUT2D eigenvalue weighted by Gasteiger charge is -2.21. The maximum absolute atomic E-state index is 5.24. The highest BCUT2D eigenvalue weighted by Crippen LogP contribution is 2.20. The Hall–Kier alpha value is -0.640. The van der Waals surface area contributed by atoms with Crippen LogP contribution in [-0.4, -0.2) is 22.5 Å². The Bertz CT molecular complexity index is 268. The zero-order valence-corrected chi connectivity index (χ0v) is 8.56. The highest BCUT2D eigenvalue weighted by molar-refractivity contribution is 7.99. The number of aryl methyl sites for hydroxylation is 1. The summed E-state index contributed by atoms with van der Waals surface area (Å²) in [6, 6.07) is 1.21. The molecule has 1 atom stereocenters. The van der Waals surface area contributed by atoms with Crippen LogP contribution < -0.4 is 5.32 Å². The predicted octanol–water partition coefficient (Wildman–Crippen LogP) is 2.29. The molecular weight excluding hydrogens is 184 g/mol. The van der Waals surface area contributed by atoms with Gasteiger partial charge in [0.15, 0.2) is 0 Å². The molecule has 1 unspecified atom stereocenters. The molecule has 1 fully saturated rings. The van der Waals surface area contributed by atoms with Crippen molar-refractivity contribution in [1.29, 1.82) is 0 Å². The number of rotatable bonds is 2. The van der Waals surface area contributed by atoms with Crippen LogP contribution in [0.2, 0.25) is 0 Å². The molecule has 1 aliphatic heterocycles. The molecule has 3 nitrogen and oxygen atoms in total. The average Bonchev–Trinajstić information content (AvgIpc) is 2.53. The maximum Gasteiger partial charge on any atom is 0.294 e. The van der Waals surface area contributed by atoms with Crippen LogP contribution in [0.3, 0.4) is 0 Å². The largest absolute Gasteiger partial charge is 0.432 e. The fraction of sp³-hybridized carbons (Fsp3) is 0.667. The van der Waals surface area contributed by atoms with Crippen LogP contribution in [0.25, 0.3) is 0 Å². The third-order valence-corrected chi connectivity index (χ3v) is 3.32.